The molecule has 1 aromatic carbocycles. The molecular weight excluding hydrogens is 330 g/mol. The minimum Gasteiger partial charge on any atom is -0.497 e. The molecule has 2 N–H and O–H groups in total. The van der Waals surface area contributed by atoms with E-state index in [2.05, 4.69) is 34.7 Å². The van der Waals surface area contributed by atoms with Gasteiger partial charge < -0.3 is 24.8 Å². The number of ether oxygens (including phenoxy) is 3. The Morgan fingerprint density at radius 1 is 1.00 bits per heavy atom. The van der Waals surface area contributed by atoms with Gasteiger partial charge in [-0.05, 0) is 42.9 Å². The number of hydrogen-bond donors (Lipinski definition) is 2. The van der Waals surface area contributed by atoms with E-state index < -0.39 is 0 Å². The normalized spacial score (nSPS) is 12.7. The highest BCUT2D eigenvalue weighted by Gasteiger charge is 2.06. The third-order valence-electron chi connectivity index (χ3n) is 4.22. The van der Waals surface area contributed by atoms with Gasteiger partial charge in [-0.3, -0.25) is 4.99 Å². The molecule has 0 aliphatic carbocycles. The quantitative estimate of drug-likeness (QED) is 0.320. The van der Waals surface area contributed by atoms with Crippen LogP contribution in [-0.2, 0) is 9.47 Å². The predicted molar refractivity (Wildman–Crippen MR) is 107 cm³/mol. The maximum Gasteiger partial charge on any atom is 0.190 e. The summed E-state index contributed by atoms with van der Waals surface area (Å²) in [5.41, 5.74) is 1.32. The molecule has 0 spiro atoms. The van der Waals surface area contributed by atoms with E-state index in [1.165, 1.54) is 5.56 Å². The largest absolute Gasteiger partial charge is 0.497 e. The molecule has 6 heteroatoms. The highest BCUT2D eigenvalue weighted by molar-refractivity contribution is 5.79. The monoisotopic (exact) mass is 365 g/mol. The average Bonchev–Trinajstić information content (AvgIpc) is 2.68. The fourth-order valence-corrected chi connectivity index (χ4v) is 2.51. The lowest BCUT2D eigenvalue weighted by Gasteiger charge is -2.15. The van der Waals surface area contributed by atoms with E-state index in [-0.39, 0.29) is 0 Å². The van der Waals surface area contributed by atoms with Gasteiger partial charge in [-0.25, -0.2) is 0 Å². The van der Waals surface area contributed by atoms with Gasteiger partial charge in [-0.2, -0.15) is 0 Å². The molecule has 1 aromatic rings. The first-order chi connectivity index (χ1) is 12.7. The first-order valence-electron chi connectivity index (χ1n) is 9.36. The number of guanidine groups is 1. The van der Waals surface area contributed by atoms with Crippen molar-refractivity contribution in [3.05, 3.63) is 29.8 Å². The Balaban J connectivity index is 2.13. The van der Waals surface area contributed by atoms with E-state index in [9.17, 15) is 0 Å². The van der Waals surface area contributed by atoms with Gasteiger partial charge in [0, 0.05) is 33.9 Å². The summed E-state index contributed by atoms with van der Waals surface area (Å²) >= 11 is 0. The van der Waals surface area contributed by atoms with Crippen molar-refractivity contribution in [1.82, 2.24) is 10.6 Å². The van der Waals surface area contributed by atoms with Crippen LogP contribution in [0.1, 0.15) is 37.7 Å². The van der Waals surface area contributed by atoms with Crippen molar-refractivity contribution in [1.29, 1.82) is 0 Å². The van der Waals surface area contributed by atoms with Crippen LogP contribution in [0.4, 0.5) is 0 Å². The zero-order chi connectivity index (χ0) is 19.0. The first-order valence-corrected chi connectivity index (χ1v) is 9.36. The summed E-state index contributed by atoms with van der Waals surface area (Å²) in [6, 6.07) is 8.29. The van der Waals surface area contributed by atoms with Crippen LogP contribution in [0.2, 0.25) is 0 Å². The lowest BCUT2D eigenvalue weighted by atomic mass is 9.98. The molecule has 0 fully saturated rings. The number of nitrogens with zero attached hydrogens (tertiary/aromatic N) is 1. The van der Waals surface area contributed by atoms with Crippen LogP contribution in [0.15, 0.2) is 29.3 Å². The third-order valence-corrected chi connectivity index (χ3v) is 4.22. The molecule has 1 rings (SSSR count). The van der Waals surface area contributed by atoms with Crippen molar-refractivity contribution in [2.75, 3.05) is 54.2 Å². The highest BCUT2D eigenvalue weighted by atomic mass is 16.5. The molecule has 0 heterocycles. The second kappa shape index (κ2) is 14.4. The van der Waals surface area contributed by atoms with Crippen LogP contribution < -0.4 is 15.4 Å². The molecule has 0 aromatic heterocycles. The van der Waals surface area contributed by atoms with Crippen LogP contribution in [0, 0.1) is 0 Å². The molecule has 0 aliphatic heterocycles. The van der Waals surface area contributed by atoms with Crippen molar-refractivity contribution in [3.8, 4) is 5.75 Å². The van der Waals surface area contributed by atoms with Crippen molar-refractivity contribution in [2.24, 2.45) is 4.99 Å². The molecule has 0 saturated carbocycles. The van der Waals surface area contributed by atoms with Crippen molar-refractivity contribution >= 4 is 5.96 Å². The van der Waals surface area contributed by atoms with E-state index in [4.69, 9.17) is 14.2 Å². The van der Waals surface area contributed by atoms with Crippen molar-refractivity contribution in [3.63, 3.8) is 0 Å². The van der Waals surface area contributed by atoms with E-state index in [0.29, 0.717) is 19.1 Å². The molecule has 6 nitrogen and oxygen atoms in total. The number of hydrogen-bond acceptors (Lipinski definition) is 4. The Bertz CT molecular complexity index is 492. The van der Waals surface area contributed by atoms with Crippen LogP contribution >= 0.6 is 0 Å². The van der Waals surface area contributed by atoms with Gasteiger partial charge in [0.05, 0.1) is 20.3 Å². The average molecular weight is 366 g/mol. The molecule has 1 unspecified atom stereocenters. The van der Waals surface area contributed by atoms with E-state index >= 15 is 0 Å². The van der Waals surface area contributed by atoms with Crippen LogP contribution in [-0.4, -0.2) is 60.1 Å². The number of benzene rings is 1. The second-order valence-electron chi connectivity index (χ2n) is 6.20. The Morgan fingerprint density at radius 3 is 2.38 bits per heavy atom. The Morgan fingerprint density at radius 2 is 1.73 bits per heavy atom. The lowest BCUT2D eigenvalue weighted by molar-refractivity contribution is 0.0689. The highest BCUT2D eigenvalue weighted by Crippen LogP contribution is 2.21. The molecule has 0 bridgehead atoms. The molecule has 148 valence electrons. The van der Waals surface area contributed by atoms with Crippen molar-refractivity contribution in [2.45, 2.75) is 32.1 Å². The van der Waals surface area contributed by atoms with Gasteiger partial charge in [-0.15, -0.1) is 0 Å². The van der Waals surface area contributed by atoms with Crippen LogP contribution in [0.25, 0.3) is 0 Å². The Kier molecular flexibility index (Phi) is 12.3. The topological polar surface area (TPSA) is 64.1 Å². The summed E-state index contributed by atoms with van der Waals surface area (Å²) in [6.07, 6.45) is 3.12. The number of aliphatic imine (C=N–C) groups is 1. The number of unbranched alkanes of at least 4 members (excludes halogenated alkanes) is 1. The van der Waals surface area contributed by atoms with Crippen molar-refractivity contribution < 1.29 is 14.2 Å². The molecule has 1 atom stereocenters. The zero-order valence-electron chi connectivity index (χ0n) is 16.7. The van der Waals surface area contributed by atoms with Gasteiger partial charge in [0.1, 0.15) is 5.75 Å². The van der Waals surface area contributed by atoms with Gasteiger partial charge in [-0.1, -0.05) is 19.1 Å². The standard InChI is InChI=1S/C20H35N3O3/c1-17(18-7-9-19(25-4)10-8-18)11-13-23-20(21-2)22-12-5-6-14-26-16-15-24-3/h7-10,17H,5-6,11-16H2,1-4H3,(H2,21,22,23). The van der Waals surface area contributed by atoms with Crippen LogP contribution in [0.5, 0.6) is 5.75 Å². The predicted octanol–water partition coefficient (Wildman–Crippen LogP) is 2.80. The lowest BCUT2D eigenvalue weighted by Crippen LogP contribution is -2.38. The fourth-order valence-electron chi connectivity index (χ4n) is 2.51. The van der Waals surface area contributed by atoms with Gasteiger partial charge >= 0.3 is 0 Å². The zero-order valence-corrected chi connectivity index (χ0v) is 16.7. The first kappa shape index (κ1) is 22.3. The minimum absolute atomic E-state index is 0.482. The number of rotatable bonds is 13. The fraction of sp³-hybridized carbons (Fsp3) is 0.650. The van der Waals surface area contributed by atoms with Gasteiger partial charge in [0.25, 0.3) is 0 Å². The van der Waals surface area contributed by atoms with E-state index in [1.54, 1.807) is 21.3 Å². The molecule has 0 saturated heterocycles. The summed E-state index contributed by atoms with van der Waals surface area (Å²) in [5.74, 6) is 2.23. The maximum absolute atomic E-state index is 5.45. The van der Waals surface area contributed by atoms with Gasteiger partial charge in [0.2, 0.25) is 0 Å². The Labute approximate surface area is 158 Å². The summed E-state index contributed by atoms with van der Waals surface area (Å²) in [6.45, 7) is 6.11. The molecule has 0 aliphatic rings. The molecule has 26 heavy (non-hydrogen) atoms. The number of nitrogens with one attached hydrogen (secondary N) is 2. The Hall–Kier alpha value is -1.79. The maximum atomic E-state index is 5.45. The summed E-state index contributed by atoms with van der Waals surface area (Å²) in [5, 5.41) is 6.72. The molecule has 0 amide bonds. The summed E-state index contributed by atoms with van der Waals surface area (Å²) in [4.78, 5) is 4.27. The van der Waals surface area contributed by atoms with Gasteiger partial charge in [0.15, 0.2) is 5.96 Å². The number of methoxy groups -OCH3 is 2. The molecular formula is C20H35N3O3. The molecule has 0 radical (unpaired) electrons. The second-order valence-corrected chi connectivity index (χ2v) is 6.20. The minimum atomic E-state index is 0.482. The van der Waals surface area contributed by atoms with Crippen LogP contribution in [0.3, 0.4) is 0 Å². The summed E-state index contributed by atoms with van der Waals surface area (Å²) < 4.78 is 15.6. The SMILES string of the molecule is CN=C(NCCCCOCCOC)NCCC(C)c1ccc(OC)cc1. The summed E-state index contributed by atoms with van der Waals surface area (Å²) in [7, 11) is 5.18. The smallest absolute Gasteiger partial charge is 0.190 e. The van der Waals surface area contributed by atoms with E-state index in [1.807, 2.05) is 12.1 Å². The van der Waals surface area contributed by atoms with E-state index in [0.717, 1.165) is 50.7 Å². The third kappa shape index (κ3) is 9.63.